The standard InChI is InChI=1S/2C5H5.C2H3.2ClH.H2Si.Zr/c2*1-2-4-5-3-1;1-2;;;;/h2*1-3H,4H2;1H,2H2;2*1H;1H2;/q3*-1;;;;. The molecule has 0 fully saturated rings. The van der Waals surface area contributed by atoms with E-state index in [2.05, 4.69) is 37.5 Å². The summed E-state index contributed by atoms with van der Waals surface area (Å²) in [6.45, 7) is 8.95. The molecule has 0 aliphatic heterocycles. The van der Waals surface area contributed by atoms with Crippen molar-refractivity contribution >= 4 is 31.7 Å². The van der Waals surface area contributed by atoms with Gasteiger partial charge in [0.2, 0.25) is 0 Å². The fraction of sp³-hybridized carbons (Fsp3) is 0.167. The van der Waals surface area contributed by atoms with Gasteiger partial charge in [-0.3, -0.25) is 18.7 Å². The monoisotopic (exact) mass is 349 g/mol. The van der Waals surface area contributed by atoms with Crippen molar-refractivity contribution in [3.05, 3.63) is 61.8 Å². The van der Waals surface area contributed by atoms with Crippen LogP contribution < -0.4 is 0 Å². The number of hydrogen-bond donors (Lipinski definition) is 0. The Morgan fingerprint density at radius 3 is 1.31 bits per heavy atom. The summed E-state index contributed by atoms with van der Waals surface area (Å²) in [5, 5.41) is 0. The van der Waals surface area contributed by atoms with Gasteiger partial charge in [0.05, 0.1) is 0 Å². The summed E-state index contributed by atoms with van der Waals surface area (Å²) in [6.07, 6.45) is 20.0. The molecule has 0 atom stereocenters. The van der Waals surface area contributed by atoms with Gasteiger partial charge in [0.25, 0.3) is 0 Å². The van der Waals surface area contributed by atoms with Crippen LogP contribution in [0.15, 0.2) is 43.0 Å². The Morgan fingerprint density at radius 2 is 1.25 bits per heavy atom. The van der Waals surface area contributed by atoms with Crippen molar-refractivity contribution in [1.82, 2.24) is 0 Å². The minimum absolute atomic E-state index is 0. The summed E-state index contributed by atoms with van der Waals surface area (Å²) >= 11 is 1.58. The van der Waals surface area contributed by atoms with Crippen LogP contribution in [0.25, 0.3) is 0 Å². The zero-order valence-corrected chi connectivity index (χ0v) is 14.7. The molecule has 0 saturated carbocycles. The molecule has 4 heteroatoms. The molecule has 0 aromatic rings. The van der Waals surface area contributed by atoms with Gasteiger partial charge in [0, 0.05) is 0 Å². The van der Waals surface area contributed by atoms with E-state index in [4.69, 9.17) is 0 Å². The predicted molar refractivity (Wildman–Crippen MR) is 76.1 cm³/mol. The molecule has 16 heavy (non-hydrogen) atoms. The molecule has 90 valence electrons. The molecule has 2 aliphatic rings. The van der Waals surface area contributed by atoms with Crippen LogP contribution in [0, 0.1) is 18.7 Å². The van der Waals surface area contributed by atoms with Crippen molar-refractivity contribution in [3.63, 3.8) is 0 Å². The Labute approximate surface area is 129 Å². The van der Waals surface area contributed by atoms with E-state index in [9.17, 15) is 0 Å². The molecule has 0 spiro atoms. The summed E-state index contributed by atoms with van der Waals surface area (Å²) < 4.78 is 0. The third-order valence-electron chi connectivity index (χ3n) is 1.17. The average molecular weight is 351 g/mol. The van der Waals surface area contributed by atoms with Crippen molar-refractivity contribution in [3.8, 4) is 0 Å². The molecule has 2 rings (SSSR count). The summed E-state index contributed by atoms with van der Waals surface area (Å²) in [7, 11) is 0. The molecule has 0 heterocycles. The van der Waals surface area contributed by atoms with E-state index in [1.165, 1.54) is 0 Å². The second kappa shape index (κ2) is 29.5. The zero-order chi connectivity index (χ0) is 11.1. The molecular formula is C12H17Cl2SiZr-3. The average Bonchev–Trinajstić information content (AvgIpc) is 3.01. The summed E-state index contributed by atoms with van der Waals surface area (Å²) in [5.41, 5.74) is 0. The number of halogens is 2. The van der Waals surface area contributed by atoms with Crippen LogP contribution in [0.3, 0.4) is 0 Å². The summed E-state index contributed by atoms with van der Waals surface area (Å²) in [6, 6.07) is 0. The Hall–Kier alpha value is 0.380. The number of hydrogen-bond acceptors (Lipinski definition) is 0. The predicted octanol–water partition coefficient (Wildman–Crippen LogP) is 3.14. The first-order valence-electron chi connectivity index (χ1n) is 4.20. The van der Waals surface area contributed by atoms with Crippen LogP contribution in [-0.2, 0) is 23.3 Å². The summed E-state index contributed by atoms with van der Waals surface area (Å²) in [4.78, 5) is 0. The molecule has 0 nitrogen and oxygen atoms in total. The molecule has 2 aliphatic carbocycles. The Balaban J connectivity index is -0.0000000631. The van der Waals surface area contributed by atoms with Crippen molar-refractivity contribution in [2.75, 3.05) is 0 Å². The quantitative estimate of drug-likeness (QED) is 0.465. The van der Waals surface area contributed by atoms with Gasteiger partial charge in [-0.2, -0.15) is 12.2 Å². The van der Waals surface area contributed by atoms with Crippen molar-refractivity contribution in [2.45, 2.75) is 12.8 Å². The van der Waals surface area contributed by atoms with Gasteiger partial charge in [-0.15, -0.1) is 37.7 Å². The fourth-order valence-corrected chi connectivity index (χ4v) is 0.680. The van der Waals surface area contributed by atoms with E-state index in [1.54, 1.807) is 23.3 Å². The van der Waals surface area contributed by atoms with Crippen molar-refractivity contribution < 1.29 is 23.3 Å². The SMILES string of the molecule is Cl.Cl.[C-]1=CC=CC1.[C-]1=CC=CC1.[CH-]=C.[SiH2]=[Zr]. The van der Waals surface area contributed by atoms with E-state index in [1.807, 2.05) is 31.2 Å². The van der Waals surface area contributed by atoms with Crippen molar-refractivity contribution in [1.29, 1.82) is 0 Å². The maximum absolute atomic E-state index is 4.25. The summed E-state index contributed by atoms with van der Waals surface area (Å²) in [5.74, 6) is 0. The molecule has 0 radical (unpaired) electrons. The Kier molecular flexibility index (Phi) is 46.6. The molecule has 0 bridgehead atoms. The normalized spacial score (nSPS) is 11.4. The molecule has 0 unspecified atom stereocenters. The van der Waals surface area contributed by atoms with Crippen molar-refractivity contribution in [2.24, 2.45) is 0 Å². The van der Waals surface area contributed by atoms with E-state index in [0.29, 0.717) is 0 Å². The fourth-order valence-electron chi connectivity index (χ4n) is 0.680. The first-order valence-corrected chi connectivity index (χ1v) is 10.1. The van der Waals surface area contributed by atoms with E-state index in [-0.39, 0.29) is 24.8 Å². The van der Waals surface area contributed by atoms with Crippen LogP contribution in [0.5, 0.6) is 0 Å². The maximum atomic E-state index is 4.25. The van der Waals surface area contributed by atoms with Crippen LogP contribution in [0.4, 0.5) is 0 Å². The van der Waals surface area contributed by atoms with Gasteiger partial charge in [-0.05, 0) is 0 Å². The van der Waals surface area contributed by atoms with Gasteiger partial charge in [0.1, 0.15) is 0 Å². The third-order valence-corrected chi connectivity index (χ3v) is 1.17. The topological polar surface area (TPSA) is 0 Å². The van der Waals surface area contributed by atoms with Gasteiger partial charge >= 0.3 is 30.2 Å². The molecule has 0 N–H and O–H groups in total. The van der Waals surface area contributed by atoms with Gasteiger partial charge in [-0.1, -0.05) is 0 Å². The van der Waals surface area contributed by atoms with Crippen LogP contribution in [0.1, 0.15) is 12.8 Å². The number of rotatable bonds is 0. The Bertz CT molecular complexity index is 179. The zero-order valence-electron chi connectivity index (χ0n) is 9.19. The second-order valence-electron chi connectivity index (χ2n) is 2.01. The van der Waals surface area contributed by atoms with Gasteiger partial charge in [-0.25, -0.2) is 24.3 Å². The minimum atomic E-state index is 0. The van der Waals surface area contributed by atoms with Crippen LogP contribution in [0.2, 0.25) is 0 Å². The molecular weight excluding hydrogens is 334 g/mol. The Morgan fingerprint density at radius 1 is 0.938 bits per heavy atom. The third kappa shape index (κ3) is 23.9. The molecule has 0 aromatic carbocycles. The van der Waals surface area contributed by atoms with Gasteiger partial charge < -0.3 is 6.58 Å². The van der Waals surface area contributed by atoms with E-state index < -0.39 is 0 Å². The van der Waals surface area contributed by atoms with Gasteiger partial charge in [0.15, 0.2) is 0 Å². The van der Waals surface area contributed by atoms with Crippen LogP contribution >= 0.6 is 24.8 Å². The first-order chi connectivity index (χ1) is 7.00. The second-order valence-corrected chi connectivity index (χ2v) is 2.01. The van der Waals surface area contributed by atoms with E-state index in [0.717, 1.165) is 12.8 Å². The first kappa shape index (κ1) is 25.3. The molecule has 0 aromatic heterocycles. The van der Waals surface area contributed by atoms with E-state index >= 15 is 0 Å². The molecule has 0 amide bonds. The van der Waals surface area contributed by atoms with Crippen LogP contribution in [-0.4, -0.2) is 6.88 Å². The number of allylic oxidation sites excluding steroid dienone is 8. The molecule has 0 saturated heterocycles.